The van der Waals surface area contributed by atoms with Crippen molar-refractivity contribution >= 4 is 46.3 Å². The minimum absolute atomic E-state index is 0.00126. The highest BCUT2D eigenvalue weighted by atomic mass is 16.5. The molecule has 0 radical (unpaired) electrons. The van der Waals surface area contributed by atoms with Crippen LogP contribution in [0.15, 0.2) is 46.7 Å². The van der Waals surface area contributed by atoms with Gasteiger partial charge in [-0.1, -0.05) is 33.8 Å². The van der Waals surface area contributed by atoms with Crippen LogP contribution in [0.25, 0.3) is 28.4 Å². The summed E-state index contributed by atoms with van der Waals surface area (Å²) < 4.78 is 4.87. The van der Waals surface area contributed by atoms with E-state index in [-0.39, 0.29) is 60.3 Å². The second-order valence-electron chi connectivity index (χ2n) is 16.1. The molecule has 2 fully saturated rings. The molecule has 2 aromatic heterocycles. The van der Waals surface area contributed by atoms with E-state index >= 15 is 0 Å². The molecule has 3 aromatic rings. The van der Waals surface area contributed by atoms with Crippen LogP contribution in [0.3, 0.4) is 0 Å². The first-order valence-corrected chi connectivity index (χ1v) is 19.4. The molecule has 2 saturated heterocycles. The normalized spacial score (nSPS) is 20.8. The van der Waals surface area contributed by atoms with Crippen LogP contribution < -0.4 is 0 Å². The summed E-state index contributed by atoms with van der Waals surface area (Å²) in [4.78, 5) is 71.8. The van der Waals surface area contributed by atoms with Gasteiger partial charge in [0.05, 0.1) is 49.1 Å². The first-order chi connectivity index (χ1) is 25.9. The number of ether oxygens (including phenoxy) is 1. The Morgan fingerprint density at radius 2 is 1.56 bits per heavy atom. The number of likely N-dealkylation sites (tertiary alicyclic amines) is 2. The molecule has 286 valence electrons. The highest BCUT2D eigenvalue weighted by molar-refractivity contribution is 5.99. The van der Waals surface area contributed by atoms with Gasteiger partial charge in [0.1, 0.15) is 12.4 Å². The fourth-order valence-corrected chi connectivity index (χ4v) is 8.72. The van der Waals surface area contributed by atoms with Crippen LogP contribution in [0.2, 0.25) is 0 Å². The molecular formula is C42H52N6O6. The van der Waals surface area contributed by atoms with Gasteiger partial charge in [0.15, 0.2) is 5.78 Å². The Morgan fingerprint density at radius 3 is 2.24 bits per heavy atom. The second kappa shape index (κ2) is 15.5. The van der Waals surface area contributed by atoms with Crippen molar-refractivity contribution in [1.29, 1.82) is 0 Å². The van der Waals surface area contributed by atoms with Gasteiger partial charge in [0.25, 0.3) is 0 Å². The molecule has 1 aromatic carbocycles. The molecule has 5 heterocycles. The number of methoxy groups -OCH3 is 1. The van der Waals surface area contributed by atoms with Crippen molar-refractivity contribution in [2.45, 2.75) is 91.1 Å². The van der Waals surface area contributed by atoms with E-state index in [9.17, 15) is 24.3 Å². The van der Waals surface area contributed by atoms with Crippen molar-refractivity contribution < 1.29 is 29.0 Å². The maximum absolute atomic E-state index is 13.6. The van der Waals surface area contributed by atoms with E-state index in [1.165, 1.54) is 29.4 Å². The number of rotatable bonds is 13. The Morgan fingerprint density at radius 1 is 0.870 bits per heavy atom. The van der Waals surface area contributed by atoms with E-state index in [1.807, 2.05) is 49.9 Å². The number of carbonyl (C=O) groups is 4. The molecule has 3 N–H and O–H groups in total. The summed E-state index contributed by atoms with van der Waals surface area (Å²) in [5, 5.41) is 10.4. The van der Waals surface area contributed by atoms with Gasteiger partial charge in [0.2, 0.25) is 11.8 Å². The number of aromatic nitrogens is 3. The molecule has 2 amide bonds. The molecule has 0 saturated carbocycles. The quantitative estimate of drug-likeness (QED) is 0.183. The zero-order valence-electron chi connectivity index (χ0n) is 32.0. The number of benzene rings is 1. The summed E-state index contributed by atoms with van der Waals surface area (Å²) in [6.45, 7) is 8.60. The maximum Gasteiger partial charge on any atom is 0.306 e. The third kappa shape index (κ3) is 7.32. The van der Waals surface area contributed by atoms with Crippen LogP contribution >= 0.6 is 0 Å². The molecule has 4 unspecified atom stereocenters. The van der Waals surface area contributed by atoms with Crippen LogP contribution in [-0.2, 0) is 30.3 Å². The highest BCUT2D eigenvalue weighted by Crippen LogP contribution is 2.39. The van der Waals surface area contributed by atoms with E-state index in [4.69, 9.17) is 14.7 Å². The monoisotopic (exact) mass is 736 g/mol. The van der Waals surface area contributed by atoms with Crippen LogP contribution in [0, 0.1) is 23.7 Å². The fourth-order valence-electron chi connectivity index (χ4n) is 8.72. The first kappa shape index (κ1) is 37.5. The van der Waals surface area contributed by atoms with Gasteiger partial charge in [-0.3, -0.25) is 24.2 Å². The summed E-state index contributed by atoms with van der Waals surface area (Å²) in [5.74, 6) is -0.842. The van der Waals surface area contributed by atoms with Gasteiger partial charge in [-0.15, -0.1) is 0 Å². The minimum Gasteiger partial charge on any atom is -0.469 e. The van der Waals surface area contributed by atoms with Gasteiger partial charge < -0.3 is 29.6 Å². The summed E-state index contributed by atoms with van der Waals surface area (Å²) in [6, 6.07) is 6.32. The van der Waals surface area contributed by atoms with Gasteiger partial charge >= 0.3 is 5.97 Å². The molecule has 3 aliphatic heterocycles. The van der Waals surface area contributed by atoms with E-state index in [1.54, 1.807) is 0 Å². The van der Waals surface area contributed by atoms with E-state index in [2.05, 4.69) is 34.2 Å². The number of allylic oxidation sites excluding steroid dienone is 2. The fraction of sp³-hybridized carbons (Fsp3) is 0.524. The number of imidazole rings is 1. The van der Waals surface area contributed by atoms with Crippen molar-refractivity contribution in [3.8, 4) is 11.4 Å². The van der Waals surface area contributed by atoms with E-state index in [0.717, 1.165) is 65.9 Å². The predicted octanol–water partition coefficient (Wildman–Crippen LogP) is 5.94. The number of ketones is 1. The summed E-state index contributed by atoms with van der Waals surface area (Å²) >= 11 is 0. The topological polar surface area (TPSA) is 161 Å². The number of aliphatic hydroxyl groups is 1. The Labute approximate surface area is 316 Å². The molecule has 0 spiro atoms. The molecule has 0 bridgehead atoms. The SMILES string of the molecule is COC(=O)CC(C(=O)N1CCCC1c1ncc(-c2cc3cc4c(cc3[nH]2)C=C(C2=CN=C(C3CCCN3C(=O)C(CC(=O)CO)C(C)C)C2)C4)[nH]1)C(C)C. The number of carbonyl (C=O) groups excluding carboxylic acids is 4. The maximum atomic E-state index is 13.6. The van der Waals surface area contributed by atoms with Crippen LogP contribution in [0.5, 0.6) is 0 Å². The van der Waals surface area contributed by atoms with Crippen LogP contribution in [0.4, 0.5) is 0 Å². The Bertz CT molecular complexity index is 2050. The number of aliphatic imine (C=N–C) groups is 1. The Balaban J connectivity index is 1.02. The van der Waals surface area contributed by atoms with E-state index < -0.39 is 18.4 Å². The molecule has 12 heteroatoms. The van der Waals surface area contributed by atoms with Crippen molar-refractivity contribution in [2.24, 2.45) is 28.7 Å². The number of amides is 2. The molecular weight excluding hydrogens is 684 g/mol. The molecule has 1 aliphatic carbocycles. The standard InChI is InChI=1S/C42H52N6O6/c1-23(2)31(18-30(50)22-49)41(52)47-10-6-8-37(47)35-17-29(20-43-35)26-12-25-14-28-16-34(45-33(28)15-27(25)13-26)36-21-44-40(46-36)38-9-7-11-48(38)42(53)32(24(3)4)19-39(51)54-5/h13-16,20-21,23-24,31-32,37-38,45,49H,6-12,17-19,22H2,1-5H3,(H,44,46). The van der Waals surface area contributed by atoms with Gasteiger partial charge in [-0.05, 0) is 84.4 Å². The highest BCUT2D eigenvalue weighted by Gasteiger charge is 2.40. The van der Waals surface area contributed by atoms with Crippen LogP contribution in [-0.4, -0.2) is 92.0 Å². The number of fused-ring (bicyclic) bond motifs is 2. The lowest BCUT2D eigenvalue weighted by molar-refractivity contribution is -0.148. The second-order valence-corrected chi connectivity index (χ2v) is 16.1. The lowest BCUT2D eigenvalue weighted by atomic mass is 9.88. The first-order valence-electron chi connectivity index (χ1n) is 19.4. The lowest BCUT2D eigenvalue weighted by Gasteiger charge is -2.30. The average Bonchev–Trinajstić information content (AvgIpc) is 4.00. The summed E-state index contributed by atoms with van der Waals surface area (Å²) in [5.41, 5.74) is 8.64. The number of esters is 1. The van der Waals surface area contributed by atoms with Crippen molar-refractivity contribution in [3.63, 3.8) is 0 Å². The number of nitrogens with zero attached hydrogens (tertiary/aromatic N) is 4. The zero-order valence-corrected chi connectivity index (χ0v) is 32.0. The zero-order chi connectivity index (χ0) is 38.3. The number of nitrogens with one attached hydrogen (secondary N) is 2. The summed E-state index contributed by atoms with van der Waals surface area (Å²) in [6.07, 6.45) is 11.1. The molecule has 4 atom stereocenters. The van der Waals surface area contributed by atoms with Gasteiger partial charge in [-0.25, -0.2) is 4.98 Å². The number of H-pyrrole nitrogens is 2. The van der Waals surface area contributed by atoms with E-state index in [0.29, 0.717) is 19.5 Å². The number of hydrogen-bond acceptors (Lipinski definition) is 8. The molecule has 54 heavy (non-hydrogen) atoms. The Hall–Kier alpha value is -4.84. The van der Waals surface area contributed by atoms with Crippen molar-refractivity contribution in [2.75, 3.05) is 26.8 Å². The smallest absolute Gasteiger partial charge is 0.306 e. The number of hydrogen-bond donors (Lipinski definition) is 3. The largest absolute Gasteiger partial charge is 0.469 e. The van der Waals surface area contributed by atoms with Gasteiger partial charge in [0, 0.05) is 54.7 Å². The average molecular weight is 737 g/mol. The molecule has 7 rings (SSSR count). The number of aliphatic hydroxyl groups excluding tert-OH is 1. The molecule has 12 nitrogen and oxygen atoms in total. The van der Waals surface area contributed by atoms with Gasteiger partial charge in [-0.2, -0.15) is 0 Å². The van der Waals surface area contributed by atoms with Crippen molar-refractivity contribution in [3.05, 3.63) is 58.7 Å². The Kier molecular flexibility index (Phi) is 10.7. The third-order valence-corrected chi connectivity index (χ3v) is 11.9. The summed E-state index contributed by atoms with van der Waals surface area (Å²) in [7, 11) is 1.35. The number of aromatic amines is 2. The minimum atomic E-state index is -0.537. The molecule has 4 aliphatic rings. The lowest BCUT2D eigenvalue weighted by Crippen LogP contribution is -2.45. The number of Topliss-reactive ketones (excluding diaryl/α,β-unsaturated/α-hetero) is 1. The van der Waals surface area contributed by atoms with Crippen LogP contribution in [0.1, 0.15) is 95.6 Å². The third-order valence-electron chi connectivity index (χ3n) is 11.9. The van der Waals surface area contributed by atoms with Crippen molar-refractivity contribution in [1.82, 2.24) is 24.8 Å². The predicted molar refractivity (Wildman–Crippen MR) is 206 cm³/mol.